The highest BCUT2D eigenvalue weighted by atomic mass is 35.5. The lowest BCUT2D eigenvalue weighted by atomic mass is 10.2. The molecule has 9 nitrogen and oxygen atoms in total. The van der Waals surface area contributed by atoms with E-state index in [4.69, 9.17) is 21.4 Å². The molecule has 0 aliphatic carbocycles. The largest absolute Gasteiger partial charge is 0.479 e. The van der Waals surface area contributed by atoms with E-state index in [0.717, 1.165) is 17.8 Å². The number of amides is 1. The Morgan fingerprint density at radius 2 is 2.15 bits per heavy atom. The summed E-state index contributed by atoms with van der Waals surface area (Å²) in [5, 5.41) is 19.4. The first-order valence-electron chi connectivity index (χ1n) is 7.39. The van der Waals surface area contributed by atoms with Crippen LogP contribution in [-0.2, 0) is 19.1 Å². The van der Waals surface area contributed by atoms with Crippen molar-refractivity contribution in [2.75, 3.05) is 7.11 Å². The SMILES string of the molecule is COC(=O)/C=C1/S/C(=N\N=Cc2ccc(OC(C)C(=O)O)c(Cl)c2)NC1=O. The van der Waals surface area contributed by atoms with Crippen molar-refractivity contribution in [3.05, 3.63) is 39.8 Å². The number of thioether (sulfide) groups is 1. The molecule has 0 spiro atoms. The van der Waals surface area contributed by atoms with Gasteiger partial charge in [0.25, 0.3) is 5.91 Å². The van der Waals surface area contributed by atoms with Gasteiger partial charge in [0.2, 0.25) is 0 Å². The van der Waals surface area contributed by atoms with Crippen molar-refractivity contribution in [3.63, 3.8) is 0 Å². The van der Waals surface area contributed by atoms with Crippen molar-refractivity contribution in [1.82, 2.24) is 5.32 Å². The number of nitrogens with one attached hydrogen (secondary N) is 1. The van der Waals surface area contributed by atoms with E-state index in [9.17, 15) is 14.4 Å². The van der Waals surface area contributed by atoms with E-state index in [1.165, 1.54) is 32.4 Å². The Hall–Kier alpha value is -2.85. The molecule has 1 aromatic carbocycles. The molecule has 27 heavy (non-hydrogen) atoms. The molecule has 2 N–H and O–H groups in total. The van der Waals surface area contributed by atoms with Gasteiger partial charge >= 0.3 is 11.9 Å². The van der Waals surface area contributed by atoms with Crippen LogP contribution in [0.5, 0.6) is 5.75 Å². The van der Waals surface area contributed by atoms with Crippen molar-refractivity contribution in [2.45, 2.75) is 13.0 Å². The molecule has 1 saturated heterocycles. The topological polar surface area (TPSA) is 127 Å². The van der Waals surface area contributed by atoms with Crippen LogP contribution in [0, 0.1) is 0 Å². The number of hydrogen-bond acceptors (Lipinski definition) is 8. The predicted octanol–water partition coefficient (Wildman–Crippen LogP) is 1.80. The van der Waals surface area contributed by atoms with E-state index in [-0.39, 0.29) is 20.8 Å². The molecule has 1 atom stereocenters. The normalized spacial score (nSPS) is 18.0. The van der Waals surface area contributed by atoms with E-state index in [2.05, 4.69) is 20.3 Å². The van der Waals surface area contributed by atoms with Gasteiger partial charge in [0.1, 0.15) is 5.75 Å². The Morgan fingerprint density at radius 1 is 1.41 bits per heavy atom. The lowest BCUT2D eigenvalue weighted by Crippen LogP contribution is -2.23. The fraction of sp³-hybridized carbons (Fsp3) is 0.188. The minimum atomic E-state index is -1.11. The van der Waals surface area contributed by atoms with Crippen molar-refractivity contribution in [3.8, 4) is 5.75 Å². The summed E-state index contributed by atoms with van der Waals surface area (Å²) in [6.07, 6.45) is 1.41. The first-order chi connectivity index (χ1) is 12.8. The molecule has 11 heteroatoms. The minimum Gasteiger partial charge on any atom is -0.479 e. The monoisotopic (exact) mass is 411 g/mol. The Labute approximate surface area is 163 Å². The van der Waals surface area contributed by atoms with Gasteiger partial charge in [0, 0.05) is 6.08 Å². The van der Waals surface area contributed by atoms with E-state index in [0.29, 0.717) is 5.56 Å². The van der Waals surface area contributed by atoms with Crippen LogP contribution in [0.3, 0.4) is 0 Å². The molecule has 2 rings (SSSR count). The second-order valence-electron chi connectivity index (χ2n) is 5.03. The molecular weight excluding hydrogens is 398 g/mol. The number of hydrogen-bond donors (Lipinski definition) is 2. The second-order valence-corrected chi connectivity index (χ2v) is 6.46. The number of ether oxygens (including phenoxy) is 2. The van der Waals surface area contributed by atoms with Crippen LogP contribution < -0.4 is 10.1 Å². The number of benzene rings is 1. The van der Waals surface area contributed by atoms with Crippen molar-refractivity contribution in [1.29, 1.82) is 0 Å². The smallest absolute Gasteiger partial charge is 0.344 e. The van der Waals surface area contributed by atoms with E-state index < -0.39 is 23.9 Å². The summed E-state index contributed by atoms with van der Waals surface area (Å²) in [6.45, 7) is 1.39. The summed E-state index contributed by atoms with van der Waals surface area (Å²) in [6, 6.07) is 4.65. The van der Waals surface area contributed by atoms with E-state index in [1.807, 2.05) is 0 Å². The van der Waals surface area contributed by atoms with E-state index in [1.54, 1.807) is 6.07 Å². The lowest BCUT2D eigenvalue weighted by Gasteiger charge is -2.11. The number of carboxylic acid groups (broad SMARTS) is 1. The molecule has 1 aliphatic rings. The third-order valence-corrected chi connectivity index (χ3v) is 4.26. The molecule has 1 amide bonds. The first kappa shape index (κ1) is 20.5. The molecular formula is C16H14ClN3O6S. The molecule has 1 aliphatic heterocycles. The highest BCUT2D eigenvalue weighted by molar-refractivity contribution is 8.18. The number of esters is 1. The zero-order valence-corrected chi connectivity index (χ0v) is 15.7. The number of carbonyl (C=O) groups excluding carboxylic acids is 2. The summed E-state index contributed by atoms with van der Waals surface area (Å²) in [4.78, 5) is 33.8. The third-order valence-electron chi connectivity index (χ3n) is 3.06. The van der Waals surface area contributed by atoms with Gasteiger partial charge in [0.05, 0.1) is 23.3 Å². The predicted molar refractivity (Wildman–Crippen MR) is 100 cm³/mol. The van der Waals surface area contributed by atoms with Gasteiger partial charge < -0.3 is 14.6 Å². The maximum absolute atomic E-state index is 11.7. The van der Waals surface area contributed by atoms with Gasteiger partial charge in [0.15, 0.2) is 11.3 Å². The van der Waals surface area contributed by atoms with E-state index >= 15 is 0 Å². The van der Waals surface area contributed by atoms with Crippen LogP contribution in [0.1, 0.15) is 12.5 Å². The number of rotatable bonds is 6. The van der Waals surface area contributed by atoms with Crippen LogP contribution in [0.4, 0.5) is 0 Å². The van der Waals surface area contributed by atoms with Crippen LogP contribution >= 0.6 is 23.4 Å². The lowest BCUT2D eigenvalue weighted by molar-refractivity contribution is -0.144. The number of amidine groups is 1. The van der Waals surface area contributed by atoms with Crippen LogP contribution in [0.25, 0.3) is 0 Å². The maximum Gasteiger partial charge on any atom is 0.344 e. The summed E-state index contributed by atoms with van der Waals surface area (Å²) >= 11 is 7.00. The molecule has 0 aromatic heterocycles. The highest BCUT2D eigenvalue weighted by Crippen LogP contribution is 2.26. The molecule has 1 unspecified atom stereocenters. The molecule has 1 heterocycles. The molecule has 0 bridgehead atoms. The van der Waals surface area contributed by atoms with Gasteiger partial charge in [-0.3, -0.25) is 10.1 Å². The molecule has 0 saturated carbocycles. The number of methoxy groups -OCH3 is 1. The Bertz CT molecular complexity index is 868. The second kappa shape index (κ2) is 9.19. The fourth-order valence-electron chi connectivity index (χ4n) is 1.72. The van der Waals surface area contributed by atoms with Crippen LogP contribution in [-0.4, -0.2) is 47.5 Å². The van der Waals surface area contributed by atoms with Crippen LogP contribution in [0.15, 0.2) is 39.4 Å². The Morgan fingerprint density at radius 3 is 2.78 bits per heavy atom. The Kier molecular flexibility index (Phi) is 6.97. The summed E-state index contributed by atoms with van der Waals surface area (Å²) in [5.41, 5.74) is 0.583. The third kappa shape index (κ3) is 5.83. The Balaban J connectivity index is 2.04. The molecule has 1 aromatic rings. The van der Waals surface area contributed by atoms with Crippen molar-refractivity contribution >= 4 is 52.6 Å². The zero-order valence-electron chi connectivity index (χ0n) is 14.1. The first-order valence-corrected chi connectivity index (χ1v) is 8.58. The minimum absolute atomic E-state index is 0.146. The van der Waals surface area contributed by atoms with Gasteiger partial charge in [-0.2, -0.15) is 5.10 Å². The summed E-state index contributed by atoms with van der Waals surface area (Å²) < 4.78 is 9.67. The fourth-order valence-corrected chi connectivity index (χ4v) is 2.70. The van der Waals surface area contributed by atoms with Gasteiger partial charge in [-0.25, -0.2) is 9.59 Å². The van der Waals surface area contributed by atoms with Gasteiger partial charge in [-0.15, -0.1) is 5.10 Å². The zero-order chi connectivity index (χ0) is 20.0. The number of nitrogens with zero attached hydrogens (tertiary/aromatic N) is 2. The van der Waals surface area contributed by atoms with Gasteiger partial charge in [-0.05, 0) is 42.4 Å². The quantitative estimate of drug-likeness (QED) is 0.316. The van der Waals surface area contributed by atoms with Crippen molar-refractivity contribution in [2.24, 2.45) is 10.2 Å². The standard InChI is InChI=1S/C16H14ClN3O6S/c1-8(15(23)24)26-11-4-3-9(5-10(11)17)7-18-20-16-19-14(22)12(27-16)6-13(21)25-2/h3-8H,1-2H3,(H,23,24)(H,19,20,22)/b12-6+,18-7?. The summed E-state index contributed by atoms with van der Waals surface area (Å²) in [5.74, 6) is -2.00. The number of carboxylic acids is 1. The number of halogens is 1. The number of carbonyl (C=O) groups is 3. The maximum atomic E-state index is 11.7. The molecule has 1 fully saturated rings. The average Bonchev–Trinajstić information content (AvgIpc) is 2.96. The average molecular weight is 412 g/mol. The van der Waals surface area contributed by atoms with Crippen molar-refractivity contribution < 1.29 is 29.0 Å². The number of aliphatic carboxylic acids is 1. The van der Waals surface area contributed by atoms with Gasteiger partial charge in [-0.1, -0.05) is 11.6 Å². The molecule has 142 valence electrons. The molecule has 0 radical (unpaired) electrons. The summed E-state index contributed by atoms with van der Waals surface area (Å²) in [7, 11) is 1.21. The van der Waals surface area contributed by atoms with Crippen LogP contribution in [0.2, 0.25) is 5.02 Å². The highest BCUT2D eigenvalue weighted by Gasteiger charge is 2.25.